The van der Waals surface area contributed by atoms with Crippen molar-refractivity contribution >= 4 is 48.1 Å². The molecule has 0 bridgehead atoms. The molecule has 7 heteroatoms. The van der Waals surface area contributed by atoms with Crippen LogP contribution in [0.5, 0.6) is 5.75 Å². The predicted molar refractivity (Wildman–Crippen MR) is 121 cm³/mol. The van der Waals surface area contributed by atoms with Gasteiger partial charge in [0.25, 0.3) is 0 Å². The maximum Gasteiger partial charge on any atom is 0.196 e. The minimum absolute atomic E-state index is 0.00101. The molecule has 0 aliphatic heterocycles. The molecule has 0 aliphatic carbocycles. The lowest BCUT2D eigenvalue weighted by Gasteiger charge is -2.12. The molecule has 0 radical (unpaired) electrons. The SMILES string of the molecule is COc1cccc2c(=O)c3c(cnc4cccc(NCCCNCCO)c43)sc12. The second-order valence-electron chi connectivity index (χ2n) is 6.72. The van der Waals surface area contributed by atoms with Gasteiger partial charge in [-0.15, -0.1) is 11.3 Å². The van der Waals surface area contributed by atoms with Crippen molar-refractivity contribution < 1.29 is 9.84 Å². The smallest absolute Gasteiger partial charge is 0.196 e. The molecule has 3 N–H and O–H groups in total. The van der Waals surface area contributed by atoms with E-state index < -0.39 is 0 Å². The summed E-state index contributed by atoms with van der Waals surface area (Å²) in [6.07, 6.45) is 2.68. The number of benzene rings is 2. The van der Waals surface area contributed by atoms with Crippen molar-refractivity contribution in [2.24, 2.45) is 0 Å². The lowest BCUT2D eigenvalue weighted by Crippen LogP contribution is -2.21. The molecule has 0 aliphatic rings. The van der Waals surface area contributed by atoms with Crippen LogP contribution in [0.4, 0.5) is 5.69 Å². The van der Waals surface area contributed by atoms with Crippen molar-refractivity contribution in [2.75, 3.05) is 38.7 Å². The van der Waals surface area contributed by atoms with E-state index in [1.54, 1.807) is 13.3 Å². The van der Waals surface area contributed by atoms with Crippen LogP contribution in [-0.4, -0.2) is 43.4 Å². The highest BCUT2D eigenvalue weighted by Crippen LogP contribution is 2.35. The Kier molecular flexibility index (Phi) is 5.89. The summed E-state index contributed by atoms with van der Waals surface area (Å²) in [4.78, 5) is 18.0. The average Bonchev–Trinajstić information content (AvgIpc) is 2.75. The van der Waals surface area contributed by atoms with Gasteiger partial charge in [-0.1, -0.05) is 12.1 Å². The summed E-state index contributed by atoms with van der Waals surface area (Å²) >= 11 is 1.53. The van der Waals surface area contributed by atoms with E-state index in [1.165, 1.54) is 11.3 Å². The summed E-state index contributed by atoms with van der Waals surface area (Å²) in [6.45, 7) is 2.31. The molecule has 2 aromatic carbocycles. The molecule has 4 aromatic rings. The van der Waals surface area contributed by atoms with Crippen molar-refractivity contribution in [1.29, 1.82) is 0 Å². The van der Waals surface area contributed by atoms with Gasteiger partial charge in [0.15, 0.2) is 5.43 Å². The first-order valence-electron chi connectivity index (χ1n) is 9.61. The zero-order chi connectivity index (χ0) is 20.2. The summed E-state index contributed by atoms with van der Waals surface area (Å²) in [5.41, 5.74) is 1.71. The Morgan fingerprint density at radius 3 is 2.79 bits per heavy atom. The molecule has 0 fully saturated rings. The quantitative estimate of drug-likeness (QED) is 0.235. The number of hydrogen-bond donors (Lipinski definition) is 3. The van der Waals surface area contributed by atoms with Crippen LogP contribution in [0, 0.1) is 0 Å². The van der Waals surface area contributed by atoms with Crippen molar-refractivity contribution in [2.45, 2.75) is 6.42 Å². The van der Waals surface area contributed by atoms with Crippen LogP contribution in [0.15, 0.2) is 47.4 Å². The summed E-state index contributed by atoms with van der Waals surface area (Å²) < 4.78 is 7.14. The number of fused-ring (bicyclic) bond motifs is 4. The second kappa shape index (κ2) is 8.73. The zero-order valence-corrected chi connectivity index (χ0v) is 17.0. The van der Waals surface area contributed by atoms with Crippen LogP contribution < -0.4 is 20.8 Å². The molecule has 150 valence electrons. The van der Waals surface area contributed by atoms with Crippen LogP contribution >= 0.6 is 11.3 Å². The Morgan fingerprint density at radius 1 is 1.10 bits per heavy atom. The molecule has 0 amide bonds. The highest BCUT2D eigenvalue weighted by molar-refractivity contribution is 7.25. The van der Waals surface area contributed by atoms with E-state index in [-0.39, 0.29) is 12.0 Å². The van der Waals surface area contributed by atoms with Crippen LogP contribution in [0.2, 0.25) is 0 Å². The van der Waals surface area contributed by atoms with Crippen molar-refractivity contribution in [3.63, 3.8) is 0 Å². The largest absolute Gasteiger partial charge is 0.495 e. The lowest BCUT2D eigenvalue weighted by atomic mass is 10.1. The molecule has 0 saturated carbocycles. The van der Waals surface area contributed by atoms with E-state index in [9.17, 15) is 4.79 Å². The number of aliphatic hydroxyl groups is 1. The third-order valence-corrected chi connectivity index (χ3v) is 6.03. The van der Waals surface area contributed by atoms with Gasteiger partial charge >= 0.3 is 0 Å². The topological polar surface area (TPSA) is 83.5 Å². The number of ether oxygens (including phenoxy) is 1. The molecule has 0 unspecified atom stereocenters. The van der Waals surface area contributed by atoms with Gasteiger partial charge in [0.2, 0.25) is 0 Å². The highest BCUT2D eigenvalue weighted by atomic mass is 32.1. The molecule has 4 rings (SSSR count). The normalized spacial score (nSPS) is 11.4. The van der Waals surface area contributed by atoms with Gasteiger partial charge in [0.05, 0.1) is 34.0 Å². The van der Waals surface area contributed by atoms with Crippen LogP contribution in [0.25, 0.3) is 31.1 Å². The number of methoxy groups -OCH3 is 1. The molecular weight excluding hydrogens is 386 g/mol. The number of aromatic nitrogens is 1. The van der Waals surface area contributed by atoms with E-state index in [0.717, 1.165) is 45.5 Å². The number of rotatable bonds is 8. The maximum absolute atomic E-state index is 13.4. The molecule has 0 atom stereocenters. The molecule has 29 heavy (non-hydrogen) atoms. The van der Waals surface area contributed by atoms with Crippen LogP contribution in [-0.2, 0) is 0 Å². The molecule has 6 nitrogen and oxygen atoms in total. The first kappa shape index (κ1) is 19.6. The summed E-state index contributed by atoms with van der Waals surface area (Å²) in [5.74, 6) is 0.702. The van der Waals surface area contributed by atoms with Gasteiger partial charge in [-0.25, -0.2) is 0 Å². The van der Waals surface area contributed by atoms with Gasteiger partial charge in [-0.3, -0.25) is 9.78 Å². The number of aliphatic hydroxyl groups excluding tert-OH is 1. The molecule has 2 heterocycles. The Bertz CT molecular complexity index is 1220. The fraction of sp³-hybridized carbons (Fsp3) is 0.273. The number of hydrogen-bond acceptors (Lipinski definition) is 7. The monoisotopic (exact) mass is 409 g/mol. The van der Waals surface area contributed by atoms with Crippen molar-refractivity contribution in [3.05, 3.63) is 52.8 Å². The minimum Gasteiger partial charge on any atom is -0.495 e. The minimum atomic E-state index is -0.00101. The van der Waals surface area contributed by atoms with Crippen LogP contribution in [0.3, 0.4) is 0 Å². The van der Waals surface area contributed by atoms with E-state index in [0.29, 0.717) is 23.1 Å². The van der Waals surface area contributed by atoms with Gasteiger partial charge < -0.3 is 20.5 Å². The maximum atomic E-state index is 13.4. The number of anilines is 1. The third-order valence-electron chi connectivity index (χ3n) is 4.88. The second-order valence-corrected chi connectivity index (χ2v) is 7.77. The van der Waals surface area contributed by atoms with Crippen molar-refractivity contribution in [3.8, 4) is 5.75 Å². The Balaban J connectivity index is 1.82. The van der Waals surface area contributed by atoms with Gasteiger partial charge in [-0.2, -0.15) is 0 Å². The number of nitrogens with one attached hydrogen (secondary N) is 2. The first-order chi connectivity index (χ1) is 14.2. The number of nitrogens with zero attached hydrogens (tertiary/aromatic N) is 1. The van der Waals surface area contributed by atoms with Crippen LogP contribution in [0.1, 0.15) is 6.42 Å². The summed E-state index contributed by atoms with van der Waals surface area (Å²) in [7, 11) is 1.62. The van der Waals surface area contributed by atoms with Gasteiger partial charge in [0.1, 0.15) is 5.75 Å². The zero-order valence-electron chi connectivity index (χ0n) is 16.2. The van der Waals surface area contributed by atoms with Gasteiger partial charge in [-0.05, 0) is 37.2 Å². The van der Waals surface area contributed by atoms with Gasteiger partial charge in [0, 0.05) is 35.7 Å². The Hall–Kier alpha value is -2.74. The molecule has 0 spiro atoms. The van der Waals surface area contributed by atoms with E-state index in [2.05, 4.69) is 15.6 Å². The Labute approximate surface area is 172 Å². The lowest BCUT2D eigenvalue weighted by molar-refractivity contribution is 0.292. The molecular formula is C22H23N3O3S. The standard InChI is InChI=1S/C22H23N3O3S/c1-28-17-8-2-5-14-21(27)20-18(29-22(14)17)13-25-16-7-3-6-15(19(16)20)24-10-4-9-23-11-12-26/h2-3,5-8,13,23-24,26H,4,9-12H2,1H3. The van der Waals surface area contributed by atoms with E-state index in [1.807, 2.05) is 36.4 Å². The summed E-state index contributed by atoms with van der Waals surface area (Å²) in [5, 5.41) is 17.7. The average molecular weight is 410 g/mol. The molecule has 0 saturated heterocycles. The molecule has 2 aromatic heterocycles. The van der Waals surface area contributed by atoms with E-state index in [4.69, 9.17) is 9.84 Å². The predicted octanol–water partition coefficient (Wildman–Crippen LogP) is 3.36. The first-order valence-corrected chi connectivity index (χ1v) is 10.4. The Morgan fingerprint density at radius 2 is 1.97 bits per heavy atom. The fourth-order valence-corrected chi connectivity index (χ4v) is 4.67. The summed E-state index contributed by atoms with van der Waals surface area (Å²) in [6, 6.07) is 11.4. The fourth-order valence-electron chi connectivity index (χ4n) is 3.52. The van der Waals surface area contributed by atoms with Crippen molar-refractivity contribution in [1.82, 2.24) is 10.3 Å². The number of pyridine rings is 1. The van der Waals surface area contributed by atoms with E-state index >= 15 is 0 Å². The third kappa shape index (κ3) is 3.76. The highest BCUT2D eigenvalue weighted by Gasteiger charge is 2.15.